The van der Waals surface area contributed by atoms with Crippen LogP contribution in [0.25, 0.3) is 0 Å². The van der Waals surface area contributed by atoms with Crippen LogP contribution in [0.15, 0.2) is 18.2 Å². The zero-order valence-corrected chi connectivity index (χ0v) is 8.21. The minimum atomic E-state index is -1.52. The Balaban J connectivity index is 3.14. The second-order valence-corrected chi connectivity index (χ2v) is 3.27. The summed E-state index contributed by atoms with van der Waals surface area (Å²) in [7, 11) is 0. The molecular formula is C11H11NO3. The van der Waals surface area contributed by atoms with Crippen molar-refractivity contribution >= 4 is 6.29 Å². The number of hydrogen-bond donors (Lipinski definition) is 2. The van der Waals surface area contributed by atoms with E-state index in [1.165, 1.54) is 12.1 Å². The molecule has 2 atom stereocenters. The van der Waals surface area contributed by atoms with Crippen molar-refractivity contribution in [3.8, 4) is 6.07 Å². The van der Waals surface area contributed by atoms with Crippen LogP contribution >= 0.6 is 0 Å². The summed E-state index contributed by atoms with van der Waals surface area (Å²) in [6, 6.07) is 6.35. The first-order chi connectivity index (χ1) is 7.10. The summed E-state index contributed by atoms with van der Waals surface area (Å²) in [6.45, 7) is 1.81. The van der Waals surface area contributed by atoms with Crippen molar-refractivity contribution in [3.05, 3.63) is 34.9 Å². The van der Waals surface area contributed by atoms with E-state index in [9.17, 15) is 9.90 Å². The topological polar surface area (TPSA) is 81.3 Å². The highest BCUT2D eigenvalue weighted by Gasteiger charge is 2.20. The van der Waals surface area contributed by atoms with E-state index in [2.05, 4.69) is 0 Å². The highest BCUT2D eigenvalue weighted by molar-refractivity contribution is 5.78. The molecule has 0 aliphatic rings. The predicted octanol–water partition coefficient (Wildman–Crippen LogP) is 0.725. The molecular weight excluding hydrogens is 194 g/mol. The van der Waals surface area contributed by atoms with E-state index in [4.69, 9.17) is 10.4 Å². The van der Waals surface area contributed by atoms with E-state index in [0.29, 0.717) is 6.29 Å². The monoisotopic (exact) mass is 205 g/mol. The maximum Gasteiger partial charge on any atom is 0.170 e. The van der Waals surface area contributed by atoms with Crippen molar-refractivity contribution in [3.63, 3.8) is 0 Å². The van der Waals surface area contributed by atoms with Crippen molar-refractivity contribution in [2.45, 2.75) is 19.1 Å². The fourth-order valence-electron chi connectivity index (χ4n) is 1.31. The van der Waals surface area contributed by atoms with Crippen molar-refractivity contribution in [1.82, 2.24) is 0 Å². The maximum absolute atomic E-state index is 10.7. The van der Waals surface area contributed by atoms with E-state index >= 15 is 0 Å². The lowest BCUT2D eigenvalue weighted by atomic mass is 9.98. The van der Waals surface area contributed by atoms with Crippen LogP contribution in [-0.4, -0.2) is 22.6 Å². The summed E-state index contributed by atoms with van der Waals surface area (Å²) in [5.74, 6) is 0. The molecule has 78 valence electrons. The lowest BCUT2D eigenvalue weighted by molar-refractivity contribution is 0.0522. The Bertz CT molecular complexity index is 409. The Labute approximate surface area is 87.4 Å². The van der Waals surface area contributed by atoms with Gasteiger partial charge in [0.1, 0.15) is 12.4 Å². The van der Waals surface area contributed by atoms with Gasteiger partial charge < -0.3 is 10.2 Å². The van der Waals surface area contributed by atoms with Crippen molar-refractivity contribution in [1.29, 1.82) is 5.26 Å². The Kier molecular flexibility index (Phi) is 3.56. The largest absolute Gasteiger partial charge is 0.385 e. The SMILES string of the molecule is Cc1ccc(C(O)C(O)C#N)c(C=O)c1. The third-order valence-corrected chi connectivity index (χ3v) is 2.12. The van der Waals surface area contributed by atoms with Gasteiger partial charge in [-0.2, -0.15) is 5.26 Å². The van der Waals surface area contributed by atoms with Gasteiger partial charge in [-0.3, -0.25) is 4.79 Å². The number of nitriles is 1. The van der Waals surface area contributed by atoms with Crippen LogP contribution in [0, 0.1) is 18.3 Å². The average Bonchev–Trinajstić information content (AvgIpc) is 2.26. The van der Waals surface area contributed by atoms with Gasteiger partial charge in [-0.1, -0.05) is 17.7 Å². The zero-order valence-electron chi connectivity index (χ0n) is 8.21. The molecule has 0 amide bonds. The van der Waals surface area contributed by atoms with Gasteiger partial charge in [0.25, 0.3) is 0 Å². The average molecular weight is 205 g/mol. The Morgan fingerprint density at radius 2 is 2.13 bits per heavy atom. The van der Waals surface area contributed by atoms with Gasteiger partial charge in [0.15, 0.2) is 6.10 Å². The summed E-state index contributed by atoms with van der Waals surface area (Å²) < 4.78 is 0. The van der Waals surface area contributed by atoms with Crippen molar-refractivity contribution < 1.29 is 15.0 Å². The molecule has 4 nitrogen and oxygen atoms in total. The molecule has 2 N–H and O–H groups in total. The lowest BCUT2D eigenvalue weighted by Gasteiger charge is -2.14. The van der Waals surface area contributed by atoms with Gasteiger partial charge in [-0.05, 0) is 18.6 Å². The normalized spacial score (nSPS) is 14.0. The van der Waals surface area contributed by atoms with Gasteiger partial charge in [-0.15, -0.1) is 0 Å². The molecule has 1 aromatic rings. The number of aldehydes is 1. The number of carbonyl (C=O) groups is 1. The third kappa shape index (κ3) is 2.40. The quantitative estimate of drug-likeness (QED) is 0.563. The molecule has 0 bridgehead atoms. The number of carbonyl (C=O) groups excluding carboxylic acids is 1. The molecule has 0 fully saturated rings. The molecule has 4 heteroatoms. The number of aliphatic hydroxyl groups is 2. The lowest BCUT2D eigenvalue weighted by Crippen LogP contribution is -2.17. The first-order valence-corrected chi connectivity index (χ1v) is 4.41. The predicted molar refractivity (Wildman–Crippen MR) is 53.1 cm³/mol. The molecule has 0 saturated carbocycles. The number of aliphatic hydroxyl groups excluding tert-OH is 2. The molecule has 15 heavy (non-hydrogen) atoms. The number of nitrogens with zero attached hydrogens (tertiary/aromatic N) is 1. The molecule has 0 aliphatic carbocycles. The Morgan fingerprint density at radius 3 is 2.67 bits per heavy atom. The van der Waals surface area contributed by atoms with Crippen LogP contribution in [0.2, 0.25) is 0 Å². The van der Waals surface area contributed by atoms with E-state index in [1.54, 1.807) is 12.1 Å². The highest BCUT2D eigenvalue weighted by Crippen LogP contribution is 2.21. The van der Waals surface area contributed by atoms with Crippen LogP contribution in [0.5, 0.6) is 0 Å². The summed E-state index contributed by atoms with van der Waals surface area (Å²) in [4.78, 5) is 10.7. The van der Waals surface area contributed by atoms with Gasteiger partial charge >= 0.3 is 0 Å². The van der Waals surface area contributed by atoms with E-state index in [-0.39, 0.29) is 11.1 Å². The molecule has 1 aromatic carbocycles. The summed E-state index contributed by atoms with van der Waals surface area (Å²) in [6.07, 6.45) is -2.28. The van der Waals surface area contributed by atoms with Crippen LogP contribution in [0.4, 0.5) is 0 Å². The molecule has 2 unspecified atom stereocenters. The van der Waals surface area contributed by atoms with Crippen LogP contribution in [0.1, 0.15) is 27.6 Å². The molecule has 0 saturated heterocycles. The second kappa shape index (κ2) is 4.69. The molecule has 0 aliphatic heterocycles. The van der Waals surface area contributed by atoms with Gasteiger partial charge in [0.2, 0.25) is 0 Å². The van der Waals surface area contributed by atoms with Crippen LogP contribution < -0.4 is 0 Å². The first kappa shape index (κ1) is 11.4. The number of rotatable bonds is 3. The highest BCUT2D eigenvalue weighted by atomic mass is 16.3. The van der Waals surface area contributed by atoms with E-state index in [0.717, 1.165) is 5.56 Å². The smallest absolute Gasteiger partial charge is 0.170 e. The van der Waals surface area contributed by atoms with Crippen molar-refractivity contribution in [2.75, 3.05) is 0 Å². The second-order valence-electron chi connectivity index (χ2n) is 3.27. The number of benzene rings is 1. The van der Waals surface area contributed by atoms with Crippen LogP contribution in [0.3, 0.4) is 0 Å². The fraction of sp³-hybridized carbons (Fsp3) is 0.273. The summed E-state index contributed by atoms with van der Waals surface area (Å²) in [5, 5.41) is 27.1. The Hall–Kier alpha value is -1.70. The molecule has 1 rings (SSSR count). The maximum atomic E-state index is 10.7. The Morgan fingerprint density at radius 1 is 1.47 bits per heavy atom. The van der Waals surface area contributed by atoms with Crippen molar-refractivity contribution in [2.24, 2.45) is 0 Å². The zero-order chi connectivity index (χ0) is 11.4. The first-order valence-electron chi connectivity index (χ1n) is 4.41. The van der Waals surface area contributed by atoms with Crippen LogP contribution in [-0.2, 0) is 0 Å². The van der Waals surface area contributed by atoms with E-state index < -0.39 is 12.2 Å². The number of aryl methyl sites for hydroxylation is 1. The molecule has 0 radical (unpaired) electrons. The molecule has 0 heterocycles. The summed E-state index contributed by atoms with van der Waals surface area (Å²) in [5.41, 5.74) is 1.43. The number of hydrogen-bond acceptors (Lipinski definition) is 4. The fourth-order valence-corrected chi connectivity index (χ4v) is 1.31. The summed E-state index contributed by atoms with van der Waals surface area (Å²) >= 11 is 0. The van der Waals surface area contributed by atoms with Gasteiger partial charge in [0, 0.05) is 5.56 Å². The molecule has 0 spiro atoms. The van der Waals surface area contributed by atoms with Gasteiger partial charge in [-0.25, -0.2) is 0 Å². The standard InChI is InChI=1S/C11H11NO3/c1-7-2-3-9(8(4-7)6-13)11(15)10(14)5-12/h2-4,6,10-11,14-15H,1H3. The minimum absolute atomic E-state index is 0.268. The third-order valence-electron chi connectivity index (χ3n) is 2.12. The molecule has 0 aromatic heterocycles. The van der Waals surface area contributed by atoms with E-state index in [1.807, 2.05) is 6.92 Å². The van der Waals surface area contributed by atoms with Gasteiger partial charge in [0.05, 0.1) is 6.07 Å². The minimum Gasteiger partial charge on any atom is -0.385 e.